The third kappa shape index (κ3) is 33.0. The SMILES string of the molecule is CCCCCCCCCCCC(=O)N[C@@H](CCCN=C(N)N)C(=O)NCCCCNC(=O)[C@H](CCCN=C(N)N)NC(=O)CCCCCCCCCCC. The molecule has 0 fully saturated rings. The molecule has 0 saturated heterocycles. The molecule has 0 heterocycles. The molecule has 2 atom stereocenters. The maximum absolute atomic E-state index is 13.1. The van der Waals surface area contributed by atoms with Crippen molar-refractivity contribution < 1.29 is 19.2 Å². The van der Waals surface area contributed by atoms with Gasteiger partial charge in [0.05, 0.1) is 0 Å². The van der Waals surface area contributed by atoms with Gasteiger partial charge in [-0.3, -0.25) is 29.2 Å². The van der Waals surface area contributed by atoms with E-state index in [0.29, 0.717) is 77.5 Å². The Morgan fingerprint density at radius 2 is 0.759 bits per heavy atom. The van der Waals surface area contributed by atoms with Crippen molar-refractivity contribution in [2.75, 3.05) is 26.2 Å². The average molecular weight is 765 g/mol. The standard InChI is InChI=1S/C40H80N10O4/c1-3-5-7-9-11-13-15-17-19-27-35(51)49-33(25-23-31-47-39(41)42)37(53)45-29-21-22-30-46-38(54)34(26-24-32-48-40(43)44)50-36(52)28-20-18-16-14-12-10-8-6-4-2/h33-34H,3-32H2,1-2H3,(H,45,53)(H,46,54)(H,49,51)(H,50,52)(H4,41,42,47)(H4,43,44,48)/t33-,34-/m0/s1. The Morgan fingerprint density at radius 3 is 1.07 bits per heavy atom. The summed E-state index contributed by atoms with van der Waals surface area (Å²) in [6.07, 6.45) is 24.9. The molecule has 0 spiro atoms. The van der Waals surface area contributed by atoms with Crippen LogP contribution in [0.5, 0.6) is 0 Å². The average Bonchev–Trinajstić information content (AvgIpc) is 3.13. The fourth-order valence-corrected chi connectivity index (χ4v) is 6.19. The van der Waals surface area contributed by atoms with Crippen molar-refractivity contribution in [2.24, 2.45) is 32.9 Å². The highest BCUT2D eigenvalue weighted by Crippen LogP contribution is 2.12. The number of nitrogens with one attached hydrogen (secondary N) is 4. The van der Waals surface area contributed by atoms with Crippen molar-refractivity contribution in [3.05, 3.63) is 0 Å². The van der Waals surface area contributed by atoms with Gasteiger partial charge in [-0.05, 0) is 51.4 Å². The number of hydrogen-bond donors (Lipinski definition) is 8. The van der Waals surface area contributed by atoms with Crippen molar-refractivity contribution in [3.63, 3.8) is 0 Å². The van der Waals surface area contributed by atoms with Gasteiger partial charge in [0.15, 0.2) is 11.9 Å². The number of unbranched alkanes of at least 4 members (excludes halogenated alkanes) is 17. The number of aliphatic imine (C=N–C) groups is 2. The largest absolute Gasteiger partial charge is 0.370 e. The third-order valence-electron chi connectivity index (χ3n) is 9.41. The minimum Gasteiger partial charge on any atom is -0.370 e. The molecule has 4 amide bonds. The Bertz CT molecular complexity index is 952. The van der Waals surface area contributed by atoms with Crippen LogP contribution in [0.3, 0.4) is 0 Å². The van der Waals surface area contributed by atoms with Crippen LogP contribution in [0.1, 0.15) is 181 Å². The molecule has 54 heavy (non-hydrogen) atoms. The summed E-state index contributed by atoms with van der Waals surface area (Å²) in [5, 5.41) is 11.7. The Morgan fingerprint density at radius 1 is 0.444 bits per heavy atom. The first kappa shape index (κ1) is 50.4. The molecule has 0 aromatic heterocycles. The first-order valence-electron chi connectivity index (χ1n) is 21.4. The fraction of sp³-hybridized carbons (Fsp3) is 0.850. The van der Waals surface area contributed by atoms with Crippen LogP contribution in [0.4, 0.5) is 0 Å². The van der Waals surface area contributed by atoms with Crippen LogP contribution in [-0.2, 0) is 19.2 Å². The van der Waals surface area contributed by atoms with E-state index in [0.717, 1.165) is 38.5 Å². The molecule has 12 N–H and O–H groups in total. The van der Waals surface area contributed by atoms with Gasteiger partial charge in [-0.2, -0.15) is 0 Å². The highest BCUT2D eigenvalue weighted by molar-refractivity contribution is 5.88. The minimum absolute atomic E-state index is 0.00813. The van der Waals surface area contributed by atoms with Crippen molar-refractivity contribution in [1.82, 2.24) is 21.3 Å². The molecule has 0 rings (SSSR count). The van der Waals surface area contributed by atoms with Crippen molar-refractivity contribution in [1.29, 1.82) is 0 Å². The van der Waals surface area contributed by atoms with Crippen LogP contribution >= 0.6 is 0 Å². The molecular formula is C40H80N10O4. The molecule has 14 nitrogen and oxygen atoms in total. The van der Waals surface area contributed by atoms with Crippen LogP contribution in [0.15, 0.2) is 9.98 Å². The summed E-state index contributed by atoms with van der Waals surface area (Å²) in [6, 6.07) is -1.35. The fourth-order valence-electron chi connectivity index (χ4n) is 6.19. The lowest BCUT2D eigenvalue weighted by Crippen LogP contribution is -2.47. The van der Waals surface area contributed by atoms with E-state index in [9.17, 15) is 19.2 Å². The van der Waals surface area contributed by atoms with Gasteiger partial charge in [-0.1, -0.05) is 117 Å². The van der Waals surface area contributed by atoms with Crippen LogP contribution in [0.25, 0.3) is 0 Å². The van der Waals surface area contributed by atoms with E-state index < -0.39 is 12.1 Å². The number of rotatable bonds is 37. The number of nitrogens with two attached hydrogens (primary N) is 4. The monoisotopic (exact) mass is 765 g/mol. The predicted molar refractivity (Wildman–Crippen MR) is 223 cm³/mol. The Labute approximate surface area is 327 Å². The highest BCUT2D eigenvalue weighted by atomic mass is 16.2. The molecule has 0 aliphatic heterocycles. The summed E-state index contributed by atoms with van der Waals surface area (Å²) < 4.78 is 0. The van der Waals surface area contributed by atoms with E-state index in [1.165, 1.54) is 77.0 Å². The van der Waals surface area contributed by atoms with Gasteiger partial charge >= 0.3 is 0 Å². The molecule has 0 saturated carbocycles. The quantitative estimate of drug-likeness (QED) is 0.0245. The molecule has 0 aromatic rings. The normalized spacial score (nSPS) is 12.0. The van der Waals surface area contributed by atoms with E-state index in [1.807, 2.05) is 0 Å². The maximum atomic E-state index is 13.1. The van der Waals surface area contributed by atoms with E-state index in [2.05, 4.69) is 45.1 Å². The van der Waals surface area contributed by atoms with Crippen LogP contribution in [-0.4, -0.2) is 73.8 Å². The molecule has 0 bridgehead atoms. The Kier molecular flexibility index (Phi) is 34.0. The highest BCUT2D eigenvalue weighted by Gasteiger charge is 2.21. The lowest BCUT2D eigenvalue weighted by Gasteiger charge is -2.19. The Balaban J connectivity index is 4.68. The zero-order valence-electron chi connectivity index (χ0n) is 34.2. The predicted octanol–water partition coefficient (Wildman–Crippen LogP) is 4.92. The third-order valence-corrected chi connectivity index (χ3v) is 9.41. The number of guanidine groups is 2. The van der Waals surface area contributed by atoms with Gasteiger partial charge in [-0.15, -0.1) is 0 Å². The molecule has 0 aliphatic rings. The van der Waals surface area contributed by atoms with E-state index in [4.69, 9.17) is 22.9 Å². The topological polar surface area (TPSA) is 245 Å². The molecule has 0 aliphatic carbocycles. The van der Waals surface area contributed by atoms with Gasteiger partial charge in [-0.25, -0.2) is 0 Å². The smallest absolute Gasteiger partial charge is 0.242 e. The first-order chi connectivity index (χ1) is 26.1. The lowest BCUT2D eigenvalue weighted by molar-refractivity contribution is -0.129. The number of hydrogen-bond acceptors (Lipinski definition) is 6. The maximum Gasteiger partial charge on any atom is 0.242 e. The zero-order chi connectivity index (χ0) is 40.1. The number of nitrogens with zero attached hydrogens (tertiary/aromatic N) is 2. The number of carbonyl (C=O) groups is 4. The molecular weight excluding hydrogens is 685 g/mol. The van der Waals surface area contributed by atoms with Crippen molar-refractivity contribution in [3.8, 4) is 0 Å². The molecule has 14 heteroatoms. The van der Waals surface area contributed by atoms with Gasteiger partial charge in [0, 0.05) is 39.0 Å². The number of carbonyl (C=O) groups excluding carboxylic acids is 4. The Hall–Kier alpha value is -3.58. The van der Waals surface area contributed by atoms with Gasteiger partial charge in [0.25, 0.3) is 0 Å². The summed E-state index contributed by atoms with van der Waals surface area (Å²) in [5.41, 5.74) is 21.7. The summed E-state index contributed by atoms with van der Waals surface area (Å²) >= 11 is 0. The second-order valence-corrected chi connectivity index (χ2v) is 14.6. The lowest BCUT2D eigenvalue weighted by atomic mass is 10.1. The summed E-state index contributed by atoms with van der Waals surface area (Å²) in [5.74, 6) is -0.775. The molecule has 314 valence electrons. The minimum atomic E-state index is -0.677. The summed E-state index contributed by atoms with van der Waals surface area (Å²) in [4.78, 5) is 59.5. The van der Waals surface area contributed by atoms with E-state index in [-0.39, 0.29) is 35.5 Å². The molecule has 0 radical (unpaired) electrons. The van der Waals surface area contributed by atoms with E-state index in [1.54, 1.807) is 0 Å². The summed E-state index contributed by atoms with van der Waals surface area (Å²) in [6.45, 7) is 5.96. The second kappa shape index (κ2) is 36.4. The number of amides is 4. The van der Waals surface area contributed by atoms with Crippen LogP contribution in [0.2, 0.25) is 0 Å². The van der Waals surface area contributed by atoms with Gasteiger partial charge in [0.1, 0.15) is 12.1 Å². The van der Waals surface area contributed by atoms with Crippen molar-refractivity contribution in [2.45, 2.75) is 193 Å². The molecule has 0 aromatic carbocycles. The molecule has 0 unspecified atom stereocenters. The van der Waals surface area contributed by atoms with Crippen molar-refractivity contribution >= 4 is 35.5 Å². The van der Waals surface area contributed by atoms with Gasteiger partial charge in [0.2, 0.25) is 23.6 Å². The van der Waals surface area contributed by atoms with Crippen LogP contribution in [0, 0.1) is 0 Å². The second-order valence-electron chi connectivity index (χ2n) is 14.6. The first-order valence-corrected chi connectivity index (χ1v) is 21.4. The summed E-state index contributed by atoms with van der Waals surface area (Å²) in [7, 11) is 0. The van der Waals surface area contributed by atoms with Gasteiger partial charge < -0.3 is 44.2 Å². The van der Waals surface area contributed by atoms with Crippen LogP contribution < -0.4 is 44.2 Å². The van der Waals surface area contributed by atoms with E-state index >= 15 is 0 Å². The zero-order valence-corrected chi connectivity index (χ0v) is 34.2.